The van der Waals surface area contributed by atoms with E-state index in [-0.39, 0.29) is 23.7 Å². The highest BCUT2D eigenvalue weighted by molar-refractivity contribution is 6.31. The molecule has 1 rings (SSSR count). The first-order valence-corrected chi connectivity index (χ1v) is 5.76. The number of benzene rings is 1. The molecule has 0 aliphatic heterocycles. The Morgan fingerprint density at radius 1 is 1.32 bits per heavy atom. The van der Waals surface area contributed by atoms with E-state index < -0.39 is 11.9 Å². The molecule has 1 aromatic carbocycles. The summed E-state index contributed by atoms with van der Waals surface area (Å²) in [5.41, 5.74) is 0.278. The van der Waals surface area contributed by atoms with E-state index in [1.807, 2.05) is 5.32 Å². The number of ketones is 1. The standard InChI is InChI=1S/C12H13ClN2O4/c1-7(16)9-5-8(13)3-4-10(9)19-6-11(17)15-12(18)14-2/h3-5H,6H2,1-2H3,(H2,14,15,17,18). The first-order valence-electron chi connectivity index (χ1n) is 5.39. The van der Waals surface area contributed by atoms with E-state index in [1.165, 1.54) is 26.1 Å². The smallest absolute Gasteiger partial charge is 0.321 e. The molecule has 6 nitrogen and oxygen atoms in total. The van der Waals surface area contributed by atoms with Crippen LogP contribution < -0.4 is 15.4 Å². The Morgan fingerprint density at radius 3 is 2.58 bits per heavy atom. The van der Waals surface area contributed by atoms with Crippen LogP contribution in [0.3, 0.4) is 0 Å². The summed E-state index contributed by atoms with van der Waals surface area (Å²) in [7, 11) is 1.39. The average Bonchev–Trinajstić information content (AvgIpc) is 2.36. The normalized spacial score (nSPS) is 9.63. The molecule has 0 fully saturated rings. The predicted molar refractivity (Wildman–Crippen MR) is 69.5 cm³/mol. The minimum atomic E-state index is -0.628. The zero-order valence-corrected chi connectivity index (χ0v) is 11.2. The number of carbonyl (C=O) groups excluding carboxylic acids is 3. The van der Waals surface area contributed by atoms with E-state index in [0.29, 0.717) is 5.02 Å². The van der Waals surface area contributed by atoms with Crippen LogP contribution >= 0.6 is 11.6 Å². The number of nitrogens with one attached hydrogen (secondary N) is 2. The van der Waals surface area contributed by atoms with Crippen molar-refractivity contribution in [1.82, 2.24) is 10.6 Å². The lowest BCUT2D eigenvalue weighted by atomic mass is 10.1. The SMILES string of the molecule is CNC(=O)NC(=O)COc1ccc(Cl)cc1C(C)=O. The van der Waals surface area contributed by atoms with Crippen LogP contribution in [0, 0.1) is 0 Å². The van der Waals surface area contributed by atoms with Crippen LogP contribution in [0.15, 0.2) is 18.2 Å². The minimum Gasteiger partial charge on any atom is -0.483 e. The number of carbonyl (C=O) groups is 3. The molecule has 0 aromatic heterocycles. The second-order valence-electron chi connectivity index (χ2n) is 3.61. The van der Waals surface area contributed by atoms with Crippen molar-refractivity contribution < 1.29 is 19.1 Å². The summed E-state index contributed by atoms with van der Waals surface area (Å²) < 4.78 is 5.19. The van der Waals surface area contributed by atoms with Crippen LogP contribution in [0.2, 0.25) is 5.02 Å². The number of ether oxygens (including phenoxy) is 1. The van der Waals surface area contributed by atoms with Crippen LogP contribution in [0.25, 0.3) is 0 Å². The number of imide groups is 1. The summed E-state index contributed by atoms with van der Waals surface area (Å²) in [5.74, 6) is -0.614. The summed E-state index contributed by atoms with van der Waals surface area (Å²) in [5, 5.41) is 4.66. The topological polar surface area (TPSA) is 84.5 Å². The number of hydrogen-bond acceptors (Lipinski definition) is 4. The monoisotopic (exact) mass is 284 g/mol. The molecule has 0 aliphatic rings. The average molecular weight is 285 g/mol. The third-order valence-electron chi connectivity index (χ3n) is 2.16. The van der Waals surface area contributed by atoms with Gasteiger partial charge in [-0.3, -0.25) is 14.9 Å². The van der Waals surface area contributed by atoms with Crippen molar-refractivity contribution in [2.45, 2.75) is 6.92 Å². The predicted octanol–water partition coefficient (Wildman–Crippen LogP) is 1.38. The fourth-order valence-corrected chi connectivity index (χ4v) is 1.44. The molecule has 0 unspecified atom stereocenters. The second-order valence-corrected chi connectivity index (χ2v) is 4.05. The maximum absolute atomic E-state index is 11.4. The minimum absolute atomic E-state index is 0.232. The van der Waals surface area contributed by atoms with Gasteiger partial charge in [0.2, 0.25) is 0 Å². The Bertz CT molecular complexity index is 516. The lowest BCUT2D eigenvalue weighted by Crippen LogP contribution is -2.40. The third kappa shape index (κ3) is 4.59. The van der Waals surface area contributed by atoms with E-state index in [2.05, 4.69) is 5.32 Å². The third-order valence-corrected chi connectivity index (χ3v) is 2.39. The number of rotatable bonds is 4. The Balaban J connectivity index is 2.70. The molecule has 19 heavy (non-hydrogen) atoms. The highest BCUT2D eigenvalue weighted by Gasteiger charge is 2.12. The van der Waals surface area contributed by atoms with Gasteiger partial charge in [0.05, 0.1) is 5.56 Å². The first-order chi connectivity index (χ1) is 8.93. The Kier molecular flexibility index (Phi) is 5.32. The lowest BCUT2D eigenvalue weighted by Gasteiger charge is -2.09. The number of Topliss-reactive ketones (excluding diaryl/α,β-unsaturated/α-hetero) is 1. The highest BCUT2D eigenvalue weighted by atomic mass is 35.5. The van der Waals surface area contributed by atoms with Gasteiger partial charge in [-0.25, -0.2) is 4.79 Å². The van der Waals surface area contributed by atoms with E-state index in [0.717, 1.165) is 0 Å². The van der Waals surface area contributed by atoms with Gasteiger partial charge in [0.25, 0.3) is 5.91 Å². The summed E-state index contributed by atoms with van der Waals surface area (Å²) in [6.07, 6.45) is 0. The molecule has 1 aromatic rings. The van der Waals surface area contributed by atoms with Gasteiger partial charge in [0.15, 0.2) is 12.4 Å². The highest BCUT2D eigenvalue weighted by Crippen LogP contribution is 2.23. The van der Waals surface area contributed by atoms with Crippen molar-refractivity contribution in [2.24, 2.45) is 0 Å². The molecule has 7 heteroatoms. The second kappa shape index (κ2) is 6.75. The summed E-state index contributed by atoms with van der Waals surface area (Å²) in [6, 6.07) is 3.86. The number of halogens is 1. The van der Waals surface area contributed by atoms with E-state index in [4.69, 9.17) is 16.3 Å². The molecule has 0 radical (unpaired) electrons. The molecule has 0 saturated heterocycles. The molecule has 0 aliphatic carbocycles. The molecular formula is C12H13ClN2O4. The molecule has 0 saturated carbocycles. The molecule has 0 atom stereocenters. The Labute approximate surface area is 115 Å². The zero-order valence-electron chi connectivity index (χ0n) is 10.5. The van der Waals surface area contributed by atoms with Crippen LogP contribution in [0.1, 0.15) is 17.3 Å². The van der Waals surface area contributed by atoms with Gasteiger partial charge in [-0.15, -0.1) is 0 Å². The van der Waals surface area contributed by atoms with Crippen molar-refractivity contribution in [3.8, 4) is 5.75 Å². The van der Waals surface area contributed by atoms with Gasteiger partial charge >= 0.3 is 6.03 Å². The van der Waals surface area contributed by atoms with Gasteiger partial charge < -0.3 is 10.1 Å². The Morgan fingerprint density at radius 2 is 2.00 bits per heavy atom. The molecule has 2 N–H and O–H groups in total. The Hall–Kier alpha value is -2.08. The fraction of sp³-hybridized carbons (Fsp3) is 0.250. The van der Waals surface area contributed by atoms with E-state index >= 15 is 0 Å². The molecule has 102 valence electrons. The van der Waals surface area contributed by atoms with Crippen molar-refractivity contribution >= 4 is 29.3 Å². The largest absolute Gasteiger partial charge is 0.483 e. The van der Waals surface area contributed by atoms with E-state index in [9.17, 15) is 14.4 Å². The van der Waals surface area contributed by atoms with Crippen molar-refractivity contribution in [3.63, 3.8) is 0 Å². The van der Waals surface area contributed by atoms with Gasteiger partial charge in [0.1, 0.15) is 5.75 Å². The molecular weight excluding hydrogens is 272 g/mol. The maximum Gasteiger partial charge on any atom is 0.321 e. The quantitative estimate of drug-likeness (QED) is 0.818. The van der Waals surface area contributed by atoms with Gasteiger partial charge in [-0.2, -0.15) is 0 Å². The van der Waals surface area contributed by atoms with Gasteiger partial charge in [-0.1, -0.05) is 11.6 Å². The van der Waals surface area contributed by atoms with Crippen molar-refractivity contribution in [3.05, 3.63) is 28.8 Å². The summed E-state index contributed by atoms with van der Waals surface area (Å²) >= 11 is 5.77. The van der Waals surface area contributed by atoms with Crippen LogP contribution in [0.5, 0.6) is 5.75 Å². The van der Waals surface area contributed by atoms with Crippen LogP contribution in [0.4, 0.5) is 4.79 Å². The lowest BCUT2D eigenvalue weighted by molar-refractivity contribution is -0.122. The van der Waals surface area contributed by atoms with Crippen LogP contribution in [-0.2, 0) is 4.79 Å². The summed E-state index contributed by atoms with van der Waals surface area (Å²) in [6.45, 7) is 0.985. The first kappa shape index (κ1) is 15.0. The number of urea groups is 1. The van der Waals surface area contributed by atoms with Gasteiger partial charge in [0, 0.05) is 12.1 Å². The van der Waals surface area contributed by atoms with Gasteiger partial charge in [-0.05, 0) is 25.1 Å². The number of amides is 3. The number of hydrogen-bond donors (Lipinski definition) is 2. The summed E-state index contributed by atoms with van der Waals surface area (Å²) in [4.78, 5) is 33.6. The molecule has 0 heterocycles. The zero-order chi connectivity index (χ0) is 14.4. The molecule has 0 spiro atoms. The van der Waals surface area contributed by atoms with E-state index in [1.54, 1.807) is 6.07 Å². The fourth-order valence-electron chi connectivity index (χ4n) is 1.27. The molecule has 0 bridgehead atoms. The maximum atomic E-state index is 11.4. The van der Waals surface area contributed by atoms with Crippen LogP contribution in [-0.4, -0.2) is 31.4 Å². The van der Waals surface area contributed by atoms with Crippen molar-refractivity contribution in [1.29, 1.82) is 0 Å². The molecule has 3 amide bonds. The van der Waals surface area contributed by atoms with Crippen molar-refractivity contribution in [2.75, 3.05) is 13.7 Å².